The summed E-state index contributed by atoms with van der Waals surface area (Å²) >= 11 is 0. The van der Waals surface area contributed by atoms with E-state index in [-0.39, 0.29) is 0 Å². The van der Waals surface area contributed by atoms with Crippen LogP contribution in [-0.2, 0) is 6.54 Å². The number of hydrogen-bond donors (Lipinski definition) is 1. The van der Waals surface area contributed by atoms with Crippen molar-refractivity contribution < 1.29 is 4.74 Å². The minimum atomic E-state index is 0.793. The highest BCUT2D eigenvalue weighted by molar-refractivity contribution is 5.88. The van der Waals surface area contributed by atoms with Crippen molar-refractivity contribution in [2.75, 3.05) is 12.8 Å². The highest BCUT2D eigenvalue weighted by Crippen LogP contribution is 2.31. The maximum Gasteiger partial charge on any atom is 0.120 e. The summed E-state index contributed by atoms with van der Waals surface area (Å²) in [7, 11) is 1.71. The SMILES string of the molecule is CCCCn1c(-c2ccc(N)cc2)cc2ccc(OC)cc21. The van der Waals surface area contributed by atoms with E-state index in [1.54, 1.807) is 7.11 Å². The van der Waals surface area contributed by atoms with Crippen LogP contribution in [0.25, 0.3) is 22.2 Å². The first-order valence-electron chi connectivity index (χ1n) is 7.76. The molecule has 0 aliphatic carbocycles. The molecule has 0 saturated carbocycles. The molecule has 3 rings (SSSR count). The molecule has 0 atom stereocenters. The van der Waals surface area contributed by atoms with E-state index in [0.717, 1.165) is 24.4 Å². The molecule has 1 aromatic heterocycles. The van der Waals surface area contributed by atoms with Gasteiger partial charge in [-0.1, -0.05) is 25.5 Å². The molecule has 0 fully saturated rings. The van der Waals surface area contributed by atoms with Gasteiger partial charge in [0.15, 0.2) is 0 Å². The number of benzene rings is 2. The zero-order chi connectivity index (χ0) is 15.5. The van der Waals surface area contributed by atoms with Crippen LogP contribution < -0.4 is 10.5 Å². The van der Waals surface area contributed by atoms with Crippen molar-refractivity contribution >= 4 is 16.6 Å². The van der Waals surface area contributed by atoms with Crippen LogP contribution in [0.3, 0.4) is 0 Å². The van der Waals surface area contributed by atoms with Crippen molar-refractivity contribution in [1.82, 2.24) is 4.57 Å². The van der Waals surface area contributed by atoms with Gasteiger partial charge >= 0.3 is 0 Å². The van der Waals surface area contributed by atoms with E-state index in [1.807, 2.05) is 18.2 Å². The molecule has 0 radical (unpaired) electrons. The average Bonchev–Trinajstić information content (AvgIpc) is 2.91. The largest absolute Gasteiger partial charge is 0.497 e. The monoisotopic (exact) mass is 294 g/mol. The van der Waals surface area contributed by atoms with Gasteiger partial charge in [-0.25, -0.2) is 0 Å². The lowest BCUT2D eigenvalue weighted by atomic mass is 10.1. The Morgan fingerprint density at radius 3 is 2.50 bits per heavy atom. The highest BCUT2D eigenvalue weighted by atomic mass is 16.5. The number of anilines is 1. The lowest BCUT2D eigenvalue weighted by Crippen LogP contribution is -2.00. The number of methoxy groups -OCH3 is 1. The first-order chi connectivity index (χ1) is 10.7. The molecule has 114 valence electrons. The lowest BCUT2D eigenvalue weighted by molar-refractivity contribution is 0.415. The van der Waals surface area contributed by atoms with Crippen molar-refractivity contribution in [2.45, 2.75) is 26.3 Å². The number of nitrogens with zero attached hydrogens (tertiary/aromatic N) is 1. The van der Waals surface area contributed by atoms with E-state index >= 15 is 0 Å². The Hall–Kier alpha value is -2.42. The molecule has 3 nitrogen and oxygen atoms in total. The normalized spacial score (nSPS) is 11.0. The minimum Gasteiger partial charge on any atom is -0.497 e. The fourth-order valence-corrected chi connectivity index (χ4v) is 2.81. The molecule has 0 aliphatic heterocycles. The number of fused-ring (bicyclic) bond motifs is 1. The highest BCUT2D eigenvalue weighted by Gasteiger charge is 2.11. The third-order valence-corrected chi connectivity index (χ3v) is 4.05. The fourth-order valence-electron chi connectivity index (χ4n) is 2.81. The van der Waals surface area contributed by atoms with Crippen molar-refractivity contribution in [2.24, 2.45) is 0 Å². The summed E-state index contributed by atoms with van der Waals surface area (Å²) in [5.41, 5.74) is 10.3. The van der Waals surface area contributed by atoms with E-state index in [9.17, 15) is 0 Å². The van der Waals surface area contributed by atoms with Crippen LogP contribution in [-0.4, -0.2) is 11.7 Å². The molecule has 3 aromatic rings. The van der Waals surface area contributed by atoms with Crippen LogP contribution in [0.4, 0.5) is 5.69 Å². The van der Waals surface area contributed by atoms with Crippen molar-refractivity contribution in [1.29, 1.82) is 0 Å². The molecule has 0 aliphatic rings. The maximum absolute atomic E-state index is 5.81. The minimum absolute atomic E-state index is 0.793. The van der Waals surface area contributed by atoms with Crippen LogP contribution >= 0.6 is 0 Å². The van der Waals surface area contributed by atoms with Gasteiger partial charge in [0.25, 0.3) is 0 Å². The van der Waals surface area contributed by atoms with Crippen LogP contribution in [0.15, 0.2) is 48.5 Å². The second kappa shape index (κ2) is 6.14. The summed E-state index contributed by atoms with van der Waals surface area (Å²) in [6, 6.07) is 16.6. The summed E-state index contributed by atoms with van der Waals surface area (Å²) < 4.78 is 7.76. The fraction of sp³-hybridized carbons (Fsp3) is 0.263. The second-order valence-corrected chi connectivity index (χ2v) is 5.58. The van der Waals surface area contributed by atoms with Gasteiger partial charge in [-0.2, -0.15) is 0 Å². The summed E-state index contributed by atoms with van der Waals surface area (Å²) in [5.74, 6) is 0.896. The van der Waals surface area contributed by atoms with Gasteiger partial charge < -0.3 is 15.0 Å². The molecule has 0 unspecified atom stereocenters. The Bertz CT molecular complexity index is 772. The molecular formula is C19H22N2O. The van der Waals surface area contributed by atoms with Crippen LogP contribution in [0.5, 0.6) is 5.75 Å². The molecule has 1 heterocycles. The van der Waals surface area contributed by atoms with Gasteiger partial charge in [-0.3, -0.25) is 0 Å². The Morgan fingerprint density at radius 2 is 1.82 bits per heavy atom. The molecule has 3 heteroatoms. The van der Waals surface area contributed by atoms with Gasteiger partial charge in [0, 0.05) is 29.4 Å². The Labute approximate surface area is 131 Å². The van der Waals surface area contributed by atoms with Crippen molar-refractivity contribution in [3.63, 3.8) is 0 Å². The van der Waals surface area contributed by atoms with E-state index in [1.165, 1.54) is 28.6 Å². The lowest BCUT2D eigenvalue weighted by Gasteiger charge is -2.11. The molecule has 22 heavy (non-hydrogen) atoms. The Balaban J connectivity index is 2.17. The number of ether oxygens (including phenoxy) is 1. The third kappa shape index (κ3) is 2.67. The molecule has 2 N–H and O–H groups in total. The molecule has 0 spiro atoms. The average molecular weight is 294 g/mol. The topological polar surface area (TPSA) is 40.2 Å². The number of aryl methyl sites for hydroxylation is 1. The Kier molecular flexibility index (Phi) is 4.05. The zero-order valence-corrected chi connectivity index (χ0v) is 13.2. The van der Waals surface area contributed by atoms with Gasteiger partial charge in [0.2, 0.25) is 0 Å². The van der Waals surface area contributed by atoms with E-state index in [2.05, 4.69) is 41.8 Å². The van der Waals surface area contributed by atoms with E-state index in [0.29, 0.717) is 0 Å². The van der Waals surface area contributed by atoms with Crippen molar-refractivity contribution in [3.05, 3.63) is 48.5 Å². The van der Waals surface area contributed by atoms with Crippen LogP contribution in [0.2, 0.25) is 0 Å². The first-order valence-corrected chi connectivity index (χ1v) is 7.76. The summed E-state index contributed by atoms with van der Waals surface area (Å²) in [4.78, 5) is 0. The predicted molar refractivity (Wildman–Crippen MR) is 93.2 cm³/mol. The van der Waals surface area contributed by atoms with Gasteiger partial charge in [-0.05, 0) is 42.3 Å². The van der Waals surface area contributed by atoms with E-state index in [4.69, 9.17) is 10.5 Å². The number of aromatic nitrogens is 1. The summed E-state index contributed by atoms with van der Waals surface area (Å²) in [6.45, 7) is 3.22. The zero-order valence-electron chi connectivity index (χ0n) is 13.2. The Morgan fingerprint density at radius 1 is 1.05 bits per heavy atom. The number of nitrogen functional groups attached to an aromatic ring is 1. The standard InChI is InChI=1S/C19H22N2O/c1-3-4-11-21-18(14-5-8-16(20)9-6-14)12-15-7-10-17(22-2)13-19(15)21/h5-10,12-13H,3-4,11,20H2,1-2H3. The van der Waals surface area contributed by atoms with E-state index < -0.39 is 0 Å². The first kappa shape index (κ1) is 14.5. The number of hydrogen-bond acceptors (Lipinski definition) is 2. The second-order valence-electron chi connectivity index (χ2n) is 5.58. The predicted octanol–water partition coefficient (Wildman–Crippen LogP) is 4.70. The molecule has 0 saturated heterocycles. The summed E-state index contributed by atoms with van der Waals surface area (Å²) in [6.07, 6.45) is 2.33. The van der Waals surface area contributed by atoms with Gasteiger partial charge in [0.1, 0.15) is 5.75 Å². The van der Waals surface area contributed by atoms with Crippen LogP contribution in [0, 0.1) is 0 Å². The summed E-state index contributed by atoms with van der Waals surface area (Å²) in [5, 5.41) is 1.24. The maximum atomic E-state index is 5.81. The molecule has 0 bridgehead atoms. The molecule has 2 aromatic carbocycles. The van der Waals surface area contributed by atoms with Crippen LogP contribution in [0.1, 0.15) is 19.8 Å². The number of rotatable bonds is 5. The number of unbranched alkanes of at least 4 members (excludes halogenated alkanes) is 1. The molecular weight excluding hydrogens is 272 g/mol. The molecule has 0 amide bonds. The smallest absolute Gasteiger partial charge is 0.120 e. The van der Waals surface area contributed by atoms with Crippen molar-refractivity contribution in [3.8, 4) is 17.0 Å². The third-order valence-electron chi connectivity index (χ3n) is 4.05. The quantitative estimate of drug-likeness (QED) is 0.693. The van der Waals surface area contributed by atoms with Gasteiger partial charge in [-0.15, -0.1) is 0 Å². The number of nitrogens with two attached hydrogens (primary N) is 1. The van der Waals surface area contributed by atoms with Gasteiger partial charge in [0.05, 0.1) is 12.6 Å².